The molecule has 1 aromatic heterocycles. The van der Waals surface area contributed by atoms with Crippen LogP contribution in [-0.2, 0) is 16.6 Å². The second-order valence-electron chi connectivity index (χ2n) is 4.16. The van der Waals surface area contributed by atoms with Gasteiger partial charge in [0.25, 0.3) is 0 Å². The van der Waals surface area contributed by atoms with Crippen molar-refractivity contribution in [1.82, 2.24) is 14.5 Å². The molecule has 0 aliphatic rings. The molecule has 1 heterocycles. The lowest BCUT2D eigenvalue weighted by atomic mass is 10.2. The highest BCUT2D eigenvalue weighted by atomic mass is 32.2. The number of nitrogens with zero attached hydrogens (tertiary/aromatic N) is 3. The number of nitrogens with one attached hydrogen (secondary N) is 1. The van der Waals surface area contributed by atoms with Crippen LogP contribution in [0, 0.1) is 11.3 Å². The quantitative estimate of drug-likeness (QED) is 0.808. The SMILES string of the molecule is N#Cc1cccc(S(=O)(=O)NCCCn2cccn2)c1. The molecule has 2 rings (SSSR count). The molecule has 2 aromatic rings. The molecule has 104 valence electrons. The van der Waals surface area contributed by atoms with Gasteiger partial charge in [-0.05, 0) is 30.7 Å². The first-order valence-corrected chi connectivity index (χ1v) is 7.57. The Kier molecular flexibility index (Phi) is 4.50. The molecule has 0 fully saturated rings. The summed E-state index contributed by atoms with van der Waals surface area (Å²) in [6.07, 6.45) is 4.14. The largest absolute Gasteiger partial charge is 0.273 e. The van der Waals surface area contributed by atoms with Crippen LogP contribution in [0.5, 0.6) is 0 Å². The lowest BCUT2D eigenvalue weighted by Crippen LogP contribution is -2.25. The van der Waals surface area contributed by atoms with Crippen LogP contribution in [0.3, 0.4) is 0 Å². The summed E-state index contributed by atoms with van der Waals surface area (Å²) in [5.41, 5.74) is 0.324. The van der Waals surface area contributed by atoms with Crippen molar-refractivity contribution in [3.63, 3.8) is 0 Å². The van der Waals surface area contributed by atoms with E-state index >= 15 is 0 Å². The number of aryl methyl sites for hydroxylation is 1. The van der Waals surface area contributed by atoms with Crippen LogP contribution < -0.4 is 4.72 Å². The summed E-state index contributed by atoms with van der Waals surface area (Å²) >= 11 is 0. The van der Waals surface area contributed by atoms with Crippen LogP contribution in [0.25, 0.3) is 0 Å². The molecule has 0 aliphatic heterocycles. The lowest BCUT2D eigenvalue weighted by molar-refractivity contribution is 0.553. The fourth-order valence-electron chi connectivity index (χ4n) is 1.70. The zero-order valence-electron chi connectivity index (χ0n) is 10.7. The molecular weight excluding hydrogens is 276 g/mol. The van der Waals surface area contributed by atoms with E-state index in [4.69, 9.17) is 5.26 Å². The van der Waals surface area contributed by atoms with Crippen LogP contribution >= 0.6 is 0 Å². The maximum Gasteiger partial charge on any atom is 0.240 e. The molecular formula is C13H14N4O2S. The van der Waals surface area contributed by atoms with E-state index in [0.29, 0.717) is 25.1 Å². The van der Waals surface area contributed by atoms with Crippen LogP contribution in [0.1, 0.15) is 12.0 Å². The molecule has 0 unspecified atom stereocenters. The monoisotopic (exact) mass is 290 g/mol. The van der Waals surface area contributed by atoms with Crippen LogP contribution in [-0.4, -0.2) is 24.7 Å². The zero-order valence-corrected chi connectivity index (χ0v) is 11.5. The van der Waals surface area contributed by atoms with E-state index in [2.05, 4.69) is 9.82 Å². The summed E-state index contributed by atoms with van der Waals surface area (Å²) < 4.78 is 28.3. The standard InChI is InChI=1S/C13H14N4O2S/c14-11-12-4-1-5-13(10-12)20(18,19)16-7-3-9-17-8-2-6-15-17/h1-2,4-6,8,10,16H,3,7,9H2. The maximum atomic E-state index is 12.0. The third kappa shape index (κ3) is 3.66. The van der Waals surface area contributed by atoms with Crippen molar-refractivity contribution in [3.8, 4) is 6.07 Å². The van der Waals surface area contributed by atoms with Crippen molar-refractivity contribution < 1.29 is 8.42 Å². The predicted octanol–water partition coefficient (Wildman–Crippen LogP) is 1.12. The van der Waals surface area contributed by atoms with E-state index in [1.807, 2.05) is 18.3 Å². The zero-order chi connectivity index (χ0) is 14.4. The third-order valence-electron chi connectivity index (χ3n) is 2.69. The van der Waals surface area contributed by atoms with Gasteiger partial charge in [0, 0.05) is 25.5 Å². The number of sulfonamides is 1. The van der Waals surface area contributed by atoms with Gasteiger partial charge in [0.15, 0.2) is 0 Å². The summed E-state index contributed by atoms with van der Waals surface area (Å²) in [4.78, 5) is 0.107. The normalized spacial score (nSPS) is 11.2. The molecule has 0 atom stereocenters. The molecule has 20 heavy (non-hydrogen) atoms. The summed E-state index contributed by atoms with van der Waals surface area (Å²) in [6.45, 7) is 0.965. The fourth-order valence-corrected chi connectivity index (χ4v) is 2.82. The lowest BCUT2D eigenvalue weighted by Gasteiger charge is -2.07. The van der Waals surface area contributed by atoms with Gasteiger partial charge < -0.3 is 0 Å². The van der Waals surface area contributed by atoms with Crippen molar-refractivity contribution in [2.45, 2.75) is 17.9 Å². The number of nitriles is 1. The molecule has 0 saturated carbocycles. The Hall–Kier alpha value is -2.17. The molecule has 0 radical (unpaired) electrons. The Morgan fingerprint density at radius 2 is 2.20 bits per heavy atom. The van der Waals surface area contributed by atoms with Gasteiger partial charge in [0.05, 0.1) is 16.5 Å². The molecule has 7 heteroatoms. The molecule has 0 amide bonds. The number of aromatic nitrogens is 2. The smallest absolute Gasteiger partial charge is 0.240 e. The van der Waals surface area contributed by atoms with Gasteiger partial charge in [0.1, 0.15) is 0 Å². The summed E-state index contributed by atoms with van der Waals surface area (Å²) in [5.74, 6) is 0. The molecule has 6 nitrogen and oxygen atoms in total. The van der Waals surface area contributed by atoms with E-state index in [9.17, 15) is 8.42 Å². The van der Waals surface area contributed by atoms with Gasteiger partial charge in [-0.15, -0.1) is 0 Å². The summed E-state index contributed by atoms with van der Waals surface area (Å²) in [5, 5.41) is 12.8. The molecule has 0 aliphatic carbocycles. The van der Waals surface area contributed by atoms with Gasteiger partial charge in [-0.1, -0.05) is 6.07 Å². The maximum absolute atomic E-state index is 12.0. The van der Waals surface area contributed by atoms with Crippen LogP contribution in [0.2, 0.25) is 0 Å². The van der Waals surface area contributed by atoms with E-state index in [1.165, 1.54) is 12.1 Å². The molecule has 0 spiro atoms. The van der Waals surface area contributed by atoms with Gasteiger partial charge in [0.2, 0.25) is 10.0 Å². The minimum atomic E-state index is -3.56. The van der Waals surface area contributed by atoms with E-state index in [0.717, 1.165) is 0 Å². The minimum absolute atomic E-state index is 0.107. The Morgan fingerprint density at radius 1 is 1.35 bits per heavy atom. The van der Waals surface area contributed by atoms with Crippen molar-refractivity contribution >= 4 is 10.0 Å². The molecule has 1 aromatic carbocycles. The topological polar surface area (TPSA) is 87.8 Å². The molecule has 1 N–H and O–H groups in total. The second kappa shape index (κ2) is 6.32. The van der Waals surface area contributed by atoms with E-state index < -0.39 is 10.0 Å². The summed E-state index contributed by atoms with van der Waals surface area (Å²) in [6, 6.07) is 9.68. The Bertz CT molecular complexity index is 702. The summed E-state index contributed by atoms with van der Waals surface area (Å²) in [7, 11) is -3.56. The predicted molar refractivity (Wildman–Crippen MR) is 73.2 cm³/mol. The average Bonchev–Trinajstić information content (AvgIpc) is 2.97. The van der Waals surface area contributed by atoms with E-state index in [-0.39, 0.29) is 4.90 Å². The Morgan fingerprint density at radius 3 is 2.90 bits per heavy atom. The fraction of sp³-hybridized carbons (Fsp3) is 0.231. The van der Waals surface area contributed by atoms with Crippen LogP contribution in [0.15, 0.2) is 47.6 Å². The number of hydrogen-bond donors (Lipinski definition) is 1. The van der Waals surface area contributed by atoms with Gasteiger partial charge >= 0.3 is 0 Å². The van der Waals surface area contributed by atoms with Crippen LogP contribution in [0.4, 0.5) is 0 Å². The first kappa shape index (κ1) is 14.2. The first-order valence-electron chi connectivity index (χ1n) is 6.09. The van der Waals surface area contributed by atoms with Gasteiger partial charge in [-0.3, -0.25) is 4.68 Å². The number of benzene rings is 1. The number of rotatable bonds is 6. The van der Waals surface area contributed by atoms with Gasteiger partial charge in [-0.25, -0.2) is 13.1 Å². The highest BCUT2D eigenvalue weighted by Crippen LogP contribution is 2.10. The molecule has 0 bridgehead atoms. The Balaban J connectivity index is 1.92. The van der Waals surface area contributed by atoms with Crippen molar-refractivity contribution in [1.29, 1.82) is 5.26 Å². The highest BCUT2D eigenvalue weighted by molar-refractivity contribution is 7.89. The van der Waals surface area contributed by atoms with Crippen molar-refractivity contribution in [2.24, 2.45) is 0 Å². The molecule has 0 saturated heterocycles. The van der Waals surface area contributed by atoms with Crippen molar-refractivity contribution in [2.75, 3.05) is 6.54 Å². The second-order valence-corrected chi connectivity index (χ2v) is 5.93. The van der Waals surface area contributed by atoms with Gasteiger partial charge in [-0.2, -0.15) is 10.4 Å². The highest BCUT2D eigenvalue weighted by Gasteiger charge is 2.13. The average molecular weight is 290 g/mol. The first-order chi connectivity index (χ1) is 9.62. The Labute approximate surface area is 117 Å². The third-order valence-corrected chi connectivity index (χ3v) is 4.15. The van der Waals surface area contributed by atoms with E-state index in [1.54, 1.807) is 23.0 Å². The minimum Gasteiger partial charge on any atom is -0.273 e. The number of hydrogen-bond acceptors (Lipinski definition) is 4. The van der Waals surface area contributed by atoms with Crippen molar-refractivity contribution in [3.05, 3.63) is 48.3 Å².